The van der Waals surface area contributed by atoms with Crippen LogP contribution in [0.15, 0.2) is 96.5 Å². The highest BCUT2D eigenvalue weighted by Gasteiger charge is 2.14. The Labute approximate surface area is 200 Å². The van der Waals surface area contributed by atoms with Gasteiger partial charge in [-0.15, -0.1) is 11.3 Å². The summed E-state index contributed by atoms with van der Waals surface area (Å²) in [5, 5.41) is 18.1. The quantitative estimate of drug-likeness (QED) is 0.255. The third-order valence-corrected chi connectivity index (χ3v) is 6.23. The van der Waals surface area contributed by atoms with Crippen molar-refractivity contribution >= 4 is 34.6 Å². The minimum Gasteiger partial charge on any atom is -0.240 e. The molecule has 0 aliphatic carbocycles. The van der Waals surface area contributed by atoms with E-state index >= 15 is 0 Å². The second-order valence-corrected chi connectivity index (χ2v) is 8.59. The van der Waals surface area contributed by atoms with E-state index in [0.717, 1.165) is 33.8 Å². The van der Waals surface area contributed by atoms with Crippen molar-refractivity contribution in [1.82, 2.24) is 14.8 Å². The molecule has 2 heterocycles. The highest BCUT2D eigenvalue weighted by molar-refractivity contribution is 7.11. The van der Waals surface area contributed by atoms with Crippen LogP contribution in [0.2, 0.25) is 5.02 Å². The van der Waals surface area contributed by atoms with Gasteiger partial charge in [0.1, 0.15) is 11.1 Å². The summed E-state index contributed by atoms with van der Waals surface area (Å²) in [6, 6.07) is 29.7. The minimum atomic E-state index is 0.491. The first-order valence-corrected chi connectivity index (χ1v) is 11.5. The Balaban J connectivity index is 1.58. The molecule has 0 saturated carbocycles. The molecule has 0 atom stereocenters. The molecule has 0 fully saturated rings. The van der Waals surface area contributed by atoms with Crippen molar-refractivity contribution in [3.8, 4) is 34.3 Å². The van der Waals surface area contributed by atoms with Crippen molar-refractivity contribution in [3.05, 3.63) is 112 Å². The number of para-hydroxylation sites is 1. The van der Waals surface area contributed by atoms with Gasteiger partial charge in [-0.05, 0) is 30.3 Å². The summed E-state index contributed by atoms with van der Waals surface area (Å²) in [4.78, 5) is 4.70. The van der Waals surface area contributed by atoms with E-state index in [2.05, 4.69) is 6.07 Å². The Kier molecular flexibility index (Phi) is 5.86. The van der Waals surface area contributed by atoms with E-state index in [0.29, 0.717) is 15.6 Å². The zero-order valence-electron chi connectivity index (χ0n) is 17.4. The van der Waals surface area contributed by atoms with Gasteiger partial charge >= 0.3 is 0 Å². The number of aromatic nitrogens is 3. The van der Waals surface area contributed by atoms with Crippen molar-refractivity contribution < 1.29 is 0 Å². The summed E-state index contributed by atoms with van der Waals surface area (Å²) < 4.78 is 1.84. The van der Waals surface area contributed by atoms with Crippen LogP contribution in [0.4, 0.5) is 0 Å². The predicted octanol–water partition coefficient (Wildman–Crippen LogP) is 7.38. The molecule has 0 saturated heterocycles. The third kappa shape index (κ3) is 4.49. The van der Waals surface area contributed by atoms with Crippen molar-refractivity contribution in [1.29, 1.82) is 5.26 Å². The lowest BCUT2D eigenvalue weighted by atomic mass is 10.1. The summed E-state index contributed by atoms with van der Waals surface area (Å²) in [5.41, 5.74) is 5.86. The van der Waals surface area contributed by atoms with Gasteiger partial charge in [-0.2, -0.15) is 10.4 Å². The average molecular weight is 465 g/mol. The molecule has 0 radical (unpaired) electrons. The second kappa shape index (κ2) is 9.25. The largest absolute Gasteiger partial charge is 0.240 e. The van der Waals surface area contributed by atoms with E-state index in [-0.39, 0.29) is 0 Å². The van der Waals surface area contributed by atoms with Gasteiger partial charge in [-0.25, -0.2) is 9.67 Å². The summed E-state index contributed by atoms with van der Waals surface area (Å²) in [6.07, 6.45) is 3.81. The van der Waals surface area contributed by atoms with Crippen LogP contribution in [0.3, 0.4) is 0 Å². The van der Waals surface area contributed by atoms with Crippen molar-refractivity contribution in [2.45, 2.75) is 0 Å². The Morgan fingerprint density at radius 1 is 0.909 bits per heavy atom. The highest BCUT2D eigenvalue weighted by atomic mass is 35.5. The third-order valence-electron chi connectivity index (χ3n) is 5.11. The van der Waals surface area contributed by atoms with E-state index in [9.17, 15) is 5.26 Å². The number of rotatable bonds is 5. The van der Waals surface area contributed by atoms with Gasteiger partial charge in [0, 0.05) is 33.3 Å². The molecule has 5 rings (SSSR count). The van der Waals surface area contributed by atoms with Crippen molar-refractivity contribution in [3.63, 3.8) is 0 Å². The molecule has 0 spiro atoms. The van der Waals surface area contributed by atoms with Crippen LogP contribution in [0.25, 0.3) is 39.9 Å². The maximum Gasteiger partial charge on any atom is 0.134 e. The number of halogens is 1. The Morgan fingerprint density at radius 3 is 2.30 bits per heavy atom. The Hall–Kier alpha value is -3.98. The molecule has 0 N–H and O–H groups in total. The van der Waals surface area contributed by atoms with Crippen LogP contribution in [0.1, 0.15) is 10.6 Å². The molecule has 0 aliphatic rings. The topological polar surface area (TPSA) is 54.5 Å². The zero-order valence-corrected chi connectivity index (χ0v) is 19.0. The summed E-state index contributed by atoms with van der Waals surface area (Å²) in [7, 11) is 0. The second-order valence-electron chi connectivity index (χ2n) is 7.29. The lowest BCUT2D eigenvalue weighted by molar-refractivity contribution is 0.884. The lowest BCUT2D eigenvalue weighted by Crippen LogP contribution is -1.93. The number of allylic oxidation sites excluding steroid dienone is 1. The van der Waals surface area contributed by atoms with Crippen LogP contribution in [0.5, 0.6) is 0 Å². The Morgan fingerprint density at radius 2 is 1.61 bits per heavy atom. The first-order chi connectivity index (χ1) is 16.2. The number of hydrogen-bond donors (Lipinski definition) is 0. The summed E-state index contributed by atoms with van der Waals surface area (Å²) in [6.45, 7) is 0. The number of hydrogen-bond acceptors (Lipinski definition) is 4. The molecule has 2 aromatic heterocycles. The van der Waals surface area contributed by atoms with Gasteiger partial charge in [0.15, 0.2) is 0 Å². The molecule has 0 unspecified atom stereocenters. The SMILES string of the molecule is N#CC(=Cc1cn(-c2ccccc2)nc1-c1ccccc1)c1nc(-c2ccc(Cl)cc2)cs1. The van der Waals surface area contributed by atoms with Crippen LogP contribution in [0, 0.1) is 11.3 Å². The minimum absolute atomic E-state index is 0.491. The van der Waals surface area contributed by atoms with Crippen LogP contribution < -0.4 is 0 Å². The molecule has 33 heavy (non-hydrogen) atoms. The fourth-order valence-electron chi connectivity index (χ4n) is 3.47. The van der Waals surface area contributed by atoms with E-state index in [1.807, 2.05) is 107 Å². The maximum absolute atomic E-state index is 9.95. The van der Waals surface area contributed by atoms with Crippen LogP contribution >= 0.6 is 22.9 Å². The standard InChI is InChI=1S/C27H17ClN4S/c28-23-13-11-19(12-14-23)25-18-33-27(30-25)21(16-29)15-22-17-32(24-9-5-2-6-10-24)31-26(22)20-7-3-1-4-8-20/h1-15,17-18H. The average Bonchev–Trinajstić information content (AvgIpc) is 3.52. The highest BCUT2D eigenvalue weighted by Crippen LogP contribution is 2.31. The van der Waals surface area contributed by atoms with Gasteiger partial charge in [0.05, 0.1) is 22.6 Å². The smallest absolute Gasteiger partial charge is 0.134 e. The zero-order chi connectivity index (χ0) is 22.6. The first kappa shape index (κ1) is 20.9. The molecule has 0 amide bonds. The van der Waals surface area contributed by atoms with Crippen molar-refractivity contribution in [2.24, 2.45) is 0 Å². The monoisotopic (exact) mass is 464 g/mol. The number of benzene rings is 3. The van der Waals surface area contributed by atoms with Gasteiger partial charge < -0.3 is 0 Å². The number of nitriles is 1. The lowest BCUT2D eigenvalue weighted by Gasteiger charge is -2.00. The summed E-state index contributed by atoms with van der Waals surface area (Å²) in [5.74, 6) is 0. The molecule has 4 nitrogen and oxygen atoms in total. The molecule has 3 aromatic carbocycles. The summed E-state index contributed by atoms with van der Waals surface area (Å²) >= 11 is 7.44. The normalized spacial score (nSPS) is 11.3. The van der Waals surface area contributed by atoms with Gasteiger partial charge in [0.25, 0.3) is 0 Å². The first-order valence-electron chi connectivity index (χ1n) is 10.3. The molecule has 158 valence electrons. The maximum atomic E-state index is 9.95. The van der Waals surface area contributed by atoms with E-state index in [1.54, 1.807) is 0 Å². The van der Waals surface area contributed by atoms with E-state index < -0.39 is 0 Å². The number of thiazole rings is 1. The van der Waals surface area contributed by atoms with E-state index in [1.165, 1.54) is 11.3 Å². The fourth-order valence-corrected chi connectivity index (χ4v) is 4.39. The molecule has 0 aliphatic heterocycles. The Bertz CT molecular complexity index is 1460. The molecule has 0 bridgehead atoms. The van der Waals surface area contributed by atoms with Crippen molar-refractivity contribution in [2.75, 3.05) is 0 Å². The molecule has 6 heteroatoms. The number of nitrogens with zero attached hydrogens (tertiary/aromatic N) is 4. The predicted molar refractivity (Wildman–Crippen MR) is 135 cm³/mol. The fraction of sp³-hybridized carbons (Fsp3) is 0. The van der Waals surface area contributed by atoms with Crippen LogP contribution in [-0.4, -0.2) is 14.8 Å². The van der Waals surface area contributed by atoms with Crippen LogP contribution in [-0.2, 0) is 0 Å². The van der Waals surface area contributed by atoms with Gasteiger partial charge in [-0.3, -0.25) is 0 Å². The molecular formula is C27H17ClN4S. The molecular weight excluding hydrogens is 448 g/mol. The molecule has 5 aromatic rings. The van der Waals surface area contributed by atoms with Gasteiger partial charge in [-0.1, -0.05) is 72.3 Å². The van der Waals surface area contributed by atoms with Gasteiger partial charge in [0.2, 0.25) is 0 Å². The van der Waals surface area contributed by atoms with E-state index in [4.69, 9.17) is 21.7 Å².